The summed E-state index contributed by atoms with van der Waals surface area (Å²) in [7, 11) is 0. The van der Waals surface area contributed by atoms with Crippen molar-refractivity contribution in [3.8, 4) is 0 Å². The number of nitrogens with one attached hydrogen (secondary N) is 1. The molecule has 1 unspecified atom stereocenters. The minimum atomic E-state index is -2.30. The van der Waals surface area contributed by atoms with Gasteiger partial charge in [-0.2, -0.15) is 0 Å². The van der Waals surface area contributed by atoms with Crippen molar-refractivity contribution >= 4 is 0 Å². The molecule has 0 saturated heterocycles. The molecule has 0 spiro atoms. The zero-order chi connectivity index (χ0) is 7.98. The standard InChI is InChI=1S/C6H13F2NO/c1-5(2-3-10)9-4-6(7)8/h5-6,9-10H,2-4H2,1H3. The van der Waals surface area contributed by atoms with Crippen LogP contribution in [0, 0.1) is 0 Å². The average molecular weight is 153 g/mol. The van der Waals surface area contributed by atoms with Crippen LogP contribution >= 0.6 is 0 Å². The minimum Gasteiger partial charge on any atom is -0.396 e. The maximum absolute atomic E-state index is 11.5. The Bertz CT molecular complexity index is 80.1. The number of halogens is 2. The van der Waals surface area contributed by atoms with E-state index in [0.29, 0.717) is 6.42 Å². The predicted molar refractivity (Wildman–Crippen MR) is 35.2 cm³/mol. The molecule has 0 radical (unpaired) electrons. The van der Waals surface area contributed by atoms with E-state index in [9.17, 15) is 8.78 Å². The summed E-state index contributed by atoms with van der Waals surface area (Å²) in [5.41, 5.74) is 0. The molecule has 0 aromatic carbocycles. The Morgan fingerprint density at radius 1 is 1.50 bits per heavy atom. The SMILES string of the molecule is CC(CCO)NCC(F)F. The minimum absolute atomic E-state index is 0.0287. The Hall–Kier alpha value is -0.220. The summed E-state index contributed by atoms with van der Waals surface area (Å²) in [5.74, 6) is 0. The van der Waals surface area contributed by atoms with Crippen molar-refractivity contribution in [1.29, 1.82) is 0 Å². The smallest absolute Gasteiger partial charge is 0.250 e. The van der Waals surface area contributed by atoms with Crippen molar-refractivity contribution in [3.63, 3.8) is 0 Å². The molecular formula is C6H13F2NO. The first kappa shape index (κ1) is 9.78. The molecule has 0 aromatic rings. The van der Waals surface area contributed by atoms with Gasteiger partial charge in [0.05, 0.1) is 6.54 Å². The third kappa shape index (κ3) is 5.91. The fourth-order valence-corrected chi connectivity index (χ4v) is 0.586. The molecule has 10 heavy (non-hydrogen) atoms. The van der Waals surface area contributed by atoms with E-state index in [-0.39, 0.29) is 19.2 Å². The van der Waals surface area contributed by atoms with Crippen molar-refractivity contribution < 1.29 is 13.9 Å². The molecule has 0 heterocycles. The van der Waals surface area contributed by atoms with Crippen LogP contribution in [0.4, 0.5) is 8.78 Å². The predicted octanol–water partition coefficient (Wildman–Crippen LogP) is 0.612. The second kappa shape index (κ2) is 5.56. The lowest BCUT2D eigenvalue weighted by Gasteiger charge is -2.10. The van der Waals surface area contributed by atoms with Gasteiger partial charge in [0.2, 0.25) is 0 Å². The summed E-state index contributed by atoms with van der Waals surface area (Å²) in [6, 6.07) is -0.0287. The van der Waals surface area contributed by atoms with Crippen LogP contribution in [0.3, 0.4) is 0 Å². The van der Waals surface area contributed by atoms with Crippen molar-refractivity contribution in [2.75, 3.05) is 13.2 Å². The number of rotatable bonds is 5. The molecule has 0 aliphatic rings. The fraction of sp³-hybridized carbons (Fsp3) is 1.00. The van der Waals surface area contributed by atoms with E-state index in [2.05, 4.69) is 5.32 Å². The zero-order valence-electron chi connectivity index (χ0n) is 5.98. The van der Waals surface area contributed by atoms with Gasteiger partial charge in [0.25, 0.3) is 6.43 Å². The molecule has 0 rings (SSSR count). The summed E-state index contributed by atoms with van der Waals surface area (Å²) in [5, 5.41) is 10.9. The largest absolute Gasteiger partial charge is 0.396 e. The lowest BCUT2D eigenvalue weighted by molar-refractivity contribution is 0.139. The molecule has 1 atom stereocenters. The maximum atomic E-state index is 11.5. The summed E-state index contributed by atoms with van der Waals surface area (Å²) in [4.78, 5) is 0. The van der Waals surface area contributed by atoms with Crippen LogP contribution in [0.25, 0.3) is 0 Å². The first-order valence-electron chi connectivity index (χ1n) is 3.29. The molecular weight excluding hydrogens is 140 g/mol. The average Bonchev–Trinajstić information content (AvgIpc) is 1.85. The summed E-state index contributed by atoms with van der Waals surface area (Å²) in [6.45, 7) is 1.51. The van der Waals surface area contributed by atoms with E-state index in [1.807, 2.05) is 0 Å². The molecule has 0 fully saturated rings. The van der Waals surface area contributed by atoms with Crippen LogP contribution in [0.1, 0.15) is 13.3 Å². The molecule has 0 amide bonds. The molecule has 2 N–H and O–H groups in total. The number of alkyl halides is 2. The number of aliphatic hydroxyl groups is 1. The van der Waals surface area contributed by atoms with Crippen molar-refractivity contribution in [2.45, 2.75) is 25.8 Å². The Kier molecular flexibility index (Phi) is 5.43. The number of aliphatic hydroxyl groups excluding tert-OH is 1. The van der Waals surface area contributed by atoms with Gasteiger partial charge in [0, 0.05) is 12.6 Å². The summed E-state index contributed by atoms with van der Waals surface area (Å²) >= 11 is 0. The highest BCUT2D eigenvalue weighted by molar-refractivity contribution is 4.59. The van der Waals surface area contributed by atoms with Gasteiger partial charge in [-0.15, -0.1) is 0 Å². The van der Waals surface area contributed by atoms with E-state index in [1.54, 1.807) is 6.92 Å². The van der Waals surface area contributed by atoms with Gasteiger partial charge in [-0.25, -0.2) is 8.78 Å². The summed E-state index contributed by atoms with van der Waals surface area (Å²) < 4.78 is 23.0. The highest BCUT2D eigenvalue weighted by atomic mass is 19.3. The van der Waals surface area contributed by atoms with Gasteiger partial charge >= 0.3 is 0 Å². The Morgan fingerprint density at radius 3 is 2.50 bits per heavy atom. The third-order valence-electron chi connectivity index (χ3n) is 1.18. The monoisotopic (exact) mass is 153 g/mol. The van der Waals surface area contributed by atoms with E-state index < -0.39 is 6.43 Å². The Morgan fingerprint density at radius 2 is 2.10 bits per heavy atom. The second-order valence-electron chi connectivity index (χ2n) is 2.21. The normalized spacial score (nSPS) is 14.1. The highest BCUT2D eigenvalue weighted by Crippen LogP contribution is 1.92. The maximum Gasteiger partial charge on any atom is 0.250 e. The van der Waals surface area contributed by atoms with Crippen molar-refractivity contribution in [3.05, 3.63) is 0 Å². The van der Waals surface area contributed by atoms with Crippen LogP contribution in [-0.4, -0.2) is 30.7 Å². The first-order chi connectivity index (χ1) is 4.66. The Labute approximate surface area is 59.2 Å². The lowest BCUT2D eigenvalue weighted by atomic mass is 10.2. The quantitative estimate of drug-likeness (QED) is 0.606. The van der Waals surface area contributed by atoms with Crippen LogP contribution in [0.5, 0.6) is 0 Å². The van der Waals surface area contributed by atoms with E-state index in [4.69, 9.17) is 5.11 Å². The van der Waals surface area contributed by atoms with Gasteiger partial charge in [-0.1, -0.05) is 0 Å². The topological polar surface area (TPSA) is 32.3 Å². The number of hydrogen-bond acceptors (Lipinski definition) is 2. The molecule has 0 aromatic heterocycles. The van der Waals surface area contributed by atoms with E-state index >= 15 is 0 Å². The highest BCUT2D eigenvalue weighted by Gasteiger charge is 2.04. The first-order valence-corrected chi connectivity index (χ1v) is 3.29. The van der Waals surface area contributed by atoms with Crippen LogP contribution in [-0.2, 0) is 0 Å². The third-order valence-corrected chi connectivity index (χ3v) is 1.18. The van der Waals surface area contributed by atoms with Gasteiger partial charge < -0.3 is 10.4 Å². The van der Waals surface area contributed by atoms with Gasteiger partial charge in [0.1, 0.15) is 0 Å². The van der Waals surface area contributed by atoms with Gasteiger partial charge in [-0.3, -0.25) is 0 Å². The molecule has 62 valence electrons. The molecule has 4 heteroatoms. The Balaban J connectivity index is 3.12. The van der Waals surface area contributed by atoms with Gasteiger partial charge in [0.15, 0.2) is 0 Å². The van der Waals surface area contributed by atoms with E-state index in [0.717, 1.165) is 0 Å². The molecule has 2 nitrogen and oxygen atoms in total. The second-order valence-corrected chi connectivity index (χ2v) is 2.21. The number of hydrogen-bond donors (Lipinski definition) is 2. The fourth-order valence-electron chi connectivity index (χ4n) is 0.586. The van der Waals surface area contributed by atoms with Crippen LogP contribution in [0.15, 0.2) is 0 Å². The zero-order valence-corrected chi connectivity index (χ0v) is 5.98. The van der Waals surface area contributed by atoms with Crippen molar-refractivity contribution in [1.82, 2.24) is 5.32 Å². The summed E-state index contributed by atoms with van der Waals surface area (Å²) in [6.07, 6.45) is -1.78. The molecule has 0 bridgehead atoms. The van der Waals surface area contributed by atoms with Crippen LogP contribution in [0.2, 0.25) is 0 Å². The molecule has 0 saturated carbocycles. The van der Waals surface area contributed by atoms with Crippen LogP contribution < -0.4 is 5.32 Å². The molecule has 0 aliphatic carbocycles. The lowest BCUT2D eigenvalue weighted by Crippen LogP contribution is -2.31. The molecule has 0 aliphatic heterocycles. The van der Waals surface area contributed by atoms with E-state index in [1.165, 1.54) is 0 Å². The van der Waals surface area contributed by atoms with Crippen molar-refractivity contribution in [2.24, 2.45) is 0 Å². The van der Waals surface area contributed by atoms with Gasteiger partial charge in [-0.05, 0) is 13.3 Å².